The highest BCUT2D eigenvalue weighted by Crippen LogP contribution is 2.32. The molecule has 1 heterocycles. The molecule has 110 valence electrons. The summed E-state index contributed by atoms with van der Waals surface area (Å²) in [4.78, 5) is 31.8. The third-order valence-electron chi connectivity index (χ3n) is 3.35. The van der Waals surface area contributed by atoms with E-state index in [0.717, 1.165) is 6.42 Å². The van der Waals surface area contributed by atoms with Crippen molar-refractivity contribution in [3.63, 3.8) is 0 Å². The molecule has 6 heteroatoms. The Kier molecular flexibility index (Phi) is 4.92. The van der Waals surface area contributed by atoms with Gasteiger partial charge in [-0.1, -0.05) is 13.3 Å². The third-order valence-corrected chi connectivity index (χ3v) is 3.35. The molecule has 0 saturated carbocycles. The van der Waals surface area contributed by atoms with Crippen LogP contribution in [0, 0.1) is 0 Å². The summed E-state index contributed by atoms with van der Waals surface area (Å²) in [6.07, 6.45) is 1.56. The lowest BCUT2D eigenvalue weighted by Gasteiger charge is -2.33. The van der Waals surface area contributed by atoms with E-state index in [2.05, 4.69) is 0 Å². The molecular weight excluding hydrogens is 244 g/mol. The van der Waals surface area contributed by atoms with Gasteiger partial charge in [0.05, 0.1) is 13.3 Å². The van der Waals surface area contributed by atoms with Crippen molar-refractivity contribution in [3.05, 3.63) is 0 Å². The lowest BCUT2D eigenvalue weighted by molar-refractivity contribution is -0.134. The lowest BCUT2D eigenvalue weighted by Crippen LogP contribution is -2.50. The normalized spacial score (nSPS) is 24.2. The van der Waals surface area contributed by atoms with Crippen LogP contribution < -0.4 is 0 Å². The maximum Gasteiger partial charge on any atom is 0.329 e. The van der Waals surface area contributed by atoms with Crippen molar-refractivity contribution in [1.82, 2.24) is 19.6 Å². The van der Waals surface area contributed by atoms with Crippen LogP contribution >= 0.6 is 0 Å². The molecule has 1 aliphatic heterocycles. The van der Waals surface area contributed by atoms with Crippen molar-refractivity contribution in [2.45, 2.75) is 32.2 Å². The molecule has 1 saturated heterocycles. The predicted octanol–water partition coefficient (Wildman–Crippen LogP) is 0.848. The quantitative estimate of drug-likeness (QED) is 0.671. The highest BCUT2D eigenvalue weighted by Gasteiger charge is 2.53. The molecule has 0 radical (unpaired) electrons. The Morgan fingerprint density at radius 1 is 1.05 bits per heavy atom. The van der Waals surface area contributed by atoms with E-state index in [1.807, 2.05) is 51.8 Å². The summed E-state index contributed by atoms with van der Waals surface area (Å²) >= 11 is 0. The van der Waals surface area contributed by atoms with Crippen molar-refractivity contribution in [2.24, 2.45) is 0 Å². The van der Waals surface area contributed by atoms with Gasteiger partial charge in [0.1, 0.15) is 5.54 Å². The zero-order valence-corrected chi connectivity index (χ0v) is 12.9. The van der Waals surface area contributed by atoms with Gasteiger partial charge >= 0.3 is 6.03 Å². The summed E-state index contributed by atoms with van der Waals surface area (Å²) < 4.78 is 0. The number of nitrogens with zero attached hydrogens (tertiary/aromatic N) is 4. The van der Waals surface area contributed by atoms with Crippen LogP contribution in [-0.2, 0) is 4.79 Å². The second-order valence-electron chi connectivity index (χ2n) is 5.91. The fourth-order valence-corrected chi connectivity index (χ4v) is 2.49. The van der Waals surface area contributed by atoms with Gasteiger partial charge in [-0.2, -0.15) is 0 Å². The molecule has 3 amide bonds. The second-order valence-corrected chi connectivity index (χ2v) is 5.91. The van der Waals surface area contributed by atoms with Crippen molar-refractivity contribution >= 4 is 11.9 Å². The van der Waals surface area contributed by atoms with Crippen molar-refractivity contribution in [1.29, 1.82) is 0 Å². The van der Waals surface area contributed by atoms with Crippen LogP contribution in [0.5, 0.6) is 0 Å². The molecule has 0 spiro atoms. The molecule has 19 heavy (non-hydrogen) atoms. The first-order chi connectivity index (χ1) is 8.74. The molecule has 0 aliphatic carbocycles. The minimum absolute atomic E-state index is 0.0881. The van der Waals surface area contributed by atoms with E-state index in [1.54, 1.807) is 4.90 Å². The van der Waals surface area contributed by atoms with Gasteiger partial charge in [0.15, 0.2) is 0 Å². The molecule has 0 aromatic rings. The Morgan fingerprint density at radius 2 is 1.58 bits per heavy atom. The maximum atomic E-state index is 12.6. The highest BCUT2D eigenvalue weighted by molar-refractivity contribution is 6.06. The van der Waals surface area contributed by atoms with Crippen molar-refractivity contribution < 1.29 is 9.59 Å². The first kappa shape index (κ1) is 15.9. The summed E-state index contributed by atoms with van der Waals surface area (Å²) in [5.41, 5.74) is -0.716. The Bertz CT molecular complexity index is 357. The van der Waals surface area contributed by atoms with E-state index in [0.29, 0.717) is 19.8 Å². The van der Waals surface area contributed by atoms with Crippen LogP contribution in [0.3, 0.4) is 0 Å². The Balaban J connectivity index is 3.05. The summed E-state index contributed by atoms with van der Waals surface area (Å²) in [5, 5.41) is 0. The molecule has 1 atom stereocenters. The van der Waals surface area contributed by atoms with Crippen LogP contribution in [0.4, 0.5) is 4.79 Å². The zero-order chi connectivity index (χ0) is 14.8. The van der Waals surface area contributed by atoms with Crippen LogP contribution in [0.15, 0.2) is 0 Å². The average molecular weight is 270 g/mol. The van der Waals surface area contributed by atoms with Gasteiger partial charge in [-0.3, -0.25) is 19.5 Å². The number of imide groups is 1. The van der Waals surface area contributed by atoms with Crippen LogP contribution in [0.25, 0.3) is 0 Å². The molecule has 6 nitrogen and oxygen atoms in total. The number of urea groups is 1. The number of carbonyl (C=O) groups excluding carboxylic acids is 2. The number of hydrogen-bond acceptors (Lipinski definition) is 4. The van der Waals surface area contributed by atoms with Gasteiger partial charge in [-0.25, -0.2) is 9.69 Å². The van der Waals surface area contributed by atoms with E-state index < -0.39 is 5.54 Å². The topological polar surface area (TPSA) is 47.1 Å². The fourth-order valence-electron chi connectivity index (χ4n) is 2.49. The van der Waals surface area contributed by atoms with Crippen LogP contribution in [-0.4, -0.2) is 78.6 Å². The maximum absolute atomic E-state index is 12.6. The molecule has 1 unspecified atom stereocenters. The van der Waals surface area contributed by atoms with E-state index in [1.165, 1.54) is 4.90 Å². The predicted molar refractivity (Wildman–Crippen MR) is 74.5 cm³/mol. The first-order valence-corrected chi connectivity index (χ1v) is 6.67. The summed E-state index contributed by atoms with van der Waals surface area (Å²) in [7, 11) is 7.51. The third kappa shape index (κ3) is 3.06. The molecule has 0 aromatic heterocycles. The number of rotatable bonds is 6. The Hall–Kier alpha value is -1.14. The Labute approximate surface area is 115 Å². The first-order valence-electron chi connectivity index (χ1n) is 6.67. The average Bonchev–Trinajstić information content (AvgIpc) is 2.44. The van der Waals surface area contributed by atoms with Gasteiger partial charge in [0.2, 0.25) is 0 Å². The van der Waals surface area contributed by atoms with Gasteiger partial charge in [0.25, 0.3) is 5.91 Å². The number of carbonyl (C=O) groups is 2. The molecule has 1 rings (SSSR count). The number of hydrogen-bond donors (Lipinski definition) is 0. The van der Waals surface area contributed by atoms with Crippen molar-refractivity contribution in [3.8, 4) is 0 Å². The smallest absolute Gasteiger partial charge is 0.297 e. The summed E-state index contributed by atoms with van der Waals surface area (Å²) in [5.74, 6) is -0.0881. The molecule has 0 aromatic carbocycles. The number of amides is 3. The minimum Gasteiger partial charge on any atom is -0.297 e. The van der Waals surface area contributed by atoms with E-state index in [9.17, 15) is 9.59 Å². The summed E-state index contributed by atoms with van der Waals surface area (Å²) in [6, 6.07) is -0.191. The van der Waals surface area contributed by atoms with E-state index >= 15 is 0 Å². The monoisotopic (exact) mass is 270 g/mol. The van der Waals surface area contributed by atoms with E-state index in [-0.39, 0.29) is 11.9 Å². The molecule has 0 bridgehead atoms. The largest absolute Gasteiger partial charge is 0.329 e. The summed E-state index contributed by atoms with van der Waals surface area (Å²) in [6.45, 7) is 4.70. The van der Waals surface area contributed by atoms with Crippen LogP contribution in [0.2, 0.25) is 0 Å². The fraction of sp³-hybridized carbons (Fsp3) is 0.846. The standard InChI is InChI=1S/C13H26N4O2/c1-7-8-13(2)11(18)16(9-14(3)4)12(19)17(13)10-15(5)6/h7-10H2,1-6H3. The van der Waals surface area contributed by atoms with Gasteiger partial charge < -0.3 is 0 Å². The highest BCUT2D eigenvalue weighted by atomic mass is 16.2. The van der Waals surface area contributed by atoms with Gasteiger partial charge in [0, 0.05) is 0 Å². The minimum atomic E-state index is -0.716. The molecule has 1 fully saturated rings. The van der Waals surface area contributed by atoms with Crippen LogP contribution in [0.1, 0.15) is 26.7 Å². The second kappa shape index (κ2) is 5.88. The zero-order valence-electron chi connectivity index (χ0n) is 12.9. The van der Waals surface area contributed by atoms with Gasteiger partial charge in [-0.05, 0) is 41.5 Å². The van der Waals surface area contributed by atoms with Gasteiger partial charge in [-0.15, -0.1) is 0 Å². The molecule has 0 N–H and O–H groups in total. The van der Waals surface area contributed by atoms with E-state index in [4.69, 9.17) is 0 Å². The Morgan fingerprint density at radius 3 is 2.00 bits per heavy atom. The molecular formula is C13H26N4O2. The SMILES string of the molecule is CCCC1(C)C(=O)N(CN(C)C)C(=O)N1CN(C)C. The van der Waals surface area contributed by atoms with Crippen molar-refractivity contribution in [2.75, 3.05) is 41.5 Å². The molecule has 1 aliphatic rings. The lowest BCUT2D eigenvalue weighted by atomic mass is 9.95.